The Morgan fingerprint density at radius 2 is 2.11 bits per heavy atom. The van der Waals surface area contributed by atoms with E-state index in [0.717, 1.165) is 5.76 Å². The molecular formula is C14H25NO3. The maximum absolute atomic E-state index is 9.93. The molecule has 4 heteroatoms. The average molecular weight is 255 g/mol. The van der Waals surface area contributed by atoms with Crippen molar-refractivity contribution in [2.45, 2.75) is 45.4 Å². The van der Waals surface area contributed by atoms with Crippen LogP contribution in [0.3, 0.4) is 0 Å². The summed E-state index contributed by atoms with van der Waals surface area (Å²) >= 11 is 0. The van der Waals surface area contributed by atoms with Crippen molar-refractivity contribution in [2.24, 2.45) is 0 Å². The molecule has 18 heavy (non-hydrogen) atoms. The van der Waals surface area contributed by atoms with Crippen LogP contribution < -0.4 is 0 Å². The Morgan fingerprint density at radius 1 is 1.44 bits per heavy atom. The number of rotatable bonds is 6. The van der Waals surface area contributed by atoms with Crippen molar-refractivity contribution in [3.05, 3.63) is 24.2 Å². The molecular weight excluding hydrogens is 230 g/mol. The standard InChI is InChI=1S/C14H25NO3/c1-11(13-7-6-8-17-13)15(5)9-12(16)10-18-14(2,3)4/h6-8,11-12,16H,9-10H2,1-5H3. The Bertz CT molecular complexity index is 329. The number of hydrogen-bond donors (Lipinski definition) is 1. The van der Waals surface area contributed by atoms with Gasteiger partial charge in [0.1, 0.15) is 5.76 Å². The molecule has 1 rings (SSSR count). The first-order chi connectivity index (χ1) is 8.29. The lowest BCUT2D eigenvalue weighted by Gasteiger charge is -2.27. The van der Waals surface area contributed by atoms with Crippen molar-refractivity contribution >= 4 is 0 Å². The van der Waals surface area contributed by atoms with Gasteiger partial charge in [-0.15, -0.1) is 0 Å². The summed E-state index contributed by atoms with van der Waals surface area (Å²) in [6, 6.07) is 3.96. The van der Waals surface area contributed by atoms with Crippen LogP contribution in [-0.2, 0) is 4.74 Å². The molecule has 2 unspecified atom stereocenters. The second-order valence-corrected chi connectivity index (χ2v) is 5.71. The minimum Gasteiger partial charge on any atom is -0.468 e. The molecule has 0 aliphatic rings. The lowest BCUT2D eigenvalue weighted by molar-refractivity contribution is -0.0570. The third-order valence-electron chi connectivity index (χ3n) is 2.82. The van der Waals surface area contributed by atoms with Crippen LogP contribution in [0.2, 0.25) is 0 Å². The van der Waals surface area contributed by atoms with Gasteiger partial charge in [0.15, 0.2) is 0 Å². The summed E-state index contributed by atoms with van der Waals surface area (Å²) in [5.41, 5.74) is -0.216. The Balaban J connectivity index is 2.37. The van der Waals surface area contributed by atoms with Crippen LogP contribution in [0, 0.1) is 0 Å². The molecule has 1 aromatic heterocycles. The van der Waals surface area contributed by atoms with Gasteiger partial charge in [-0.25, -0.2) is 0 Å². The quantitative estimate of drug-likeness (QED) is 0.848. The number of aliphatic hydroxyl groups excluding tert-OH is 1. The second kappa shape index (κ2) is 6.36. The van der Waals surface area contributed by atoms with Crippen molar-refractivity contribution in [2.75, 3.05) is 20.2 Å². The molecule has 1 heterocycles. The van der Waals surface area contributed by atoms with E-state index in [1.165, 1.54) is 0 Å². The molecule has 0 aromatic carbocycles. The van der Waals surface area contributed by atoms with Crippen molar-refractivity contribution in [3.8, 4) is 0 Å². The monoisotopic (exact) mass is 255 g/mol. The van der Waals surface area contributed by atoms with Crippen LogP contribution in [0.15, 0.2) is 22.8 Å². The first-order valence-electron chi connectivity index (χ1n) is 6.35. The number of hydrogen-bond acceptors (Lipinski definition) is 4. The Labute approximate surface area is 110 Å². The zero-order valence-electron chi connectivity index (χ0n) is 12.0. The zero-order chi connectivity index (χ0) is 13.8. The van der Waals surface area contributed by atoms with Gasteiger partial charge >= 0.3 is 0 Å². The van der Waals surface area contributed by atoms with Gasteiger partial charge < -0.3 is 14.3 Å². The summed E-state index contributed by atoms with van der Waals surface area (Å²) in [6.07, 6.45) is 1.17. The highest BCUT2D eigenvalue weighted by Gasteiger charge is 2.19. The normalized spacial score (nSPS) is 15.9. The lowest BCUT2D eigenvalue weighted by atomic mass is 10.2. The van der Waals surface area contributed by atoms with E-state index in [4.69, 9.17) is 9.15 Å². The first kappa shape index (κ1) is 15.2. The fourth-order valence-corrected chi connectivity index (χ4v) is 1.64. The highest BCUT2D eigenvalue weighted by molar-refractivity contribution is 5.03. The lowest BCUT2D eigenvalue weighted by Crippen LogP contribution is -2.36. The van der Waals surface area contributed by atoms with E-state index >= 15 is 0 Å². The highest BCUT2D eigenvalue weighted by atomic mass is 16.5. The van der Waals surface area contributed by atoms with Crippen molar-refractivity contribution in [1.82, 2.24) is 4.90 Å². The number of ether oxygens (including phenoxy) is 1. The molecule has 0 aliphatic carbocycles. The number of furan rings is 1. The van der Waals surface area contributed by atoms with Crippen molar-refractivity contribution in [3.63, 3.8) is 0 Å². The van der Waals surface area contributed by atoms with Gasteiger partial charge in [-0.05, 0) is 46.9 Å². The molecule has 0 spiro atoms. The summed E-state index contributed by atoms with van der Waals surface area (Å²) in [5, 5.41) is 9.93. The van der Waals surface area contributed by atoms with Crippen LogP contribution in [0.25, 0.3) is 0 Å². The number of aliphatic hydroxyl groups is 1. The molecule has 0 fully saturated rings. The smallest absolute Gasteiger partial charge is 0.120 e. The molecule has 0 bridgehead atoms. The van der Waals surface area contributed by atoms with Crippen molar-refractivity contribution in [1.29, 1.82) is 0 Å². The van der Waals surface area contributed by atoms with Gasteiger partial charge in [0, 0.05) is 6.54 Å². The zero-order valence-corrected chi connectivity index (χ0v) is 12.0. The third-order valence-corrected chi connectivity index (χ3v) is 2.82. The molecule has 4 nitrogen and oxygen atoms in total. The van der Waals surface area contributed by atoms with E-state index < -0.39 is 6.10 Å². The molecule has 1 aromatic rings. The summed E-state index contributed by atoms with van der Waals surface area (Å²) in [5.74, 6) is 0.904. The second-order valence-electron chi connectivity index (χ2n) is 5.71. The summed E-state index contributed by atoms with van der Waals surface area (Å²) in [4.78, 5) is 2.05. The fourth-order valence-electron chi connectivity index (χ4n) is 1.64. The van der Waals surface area contributed by atoms with E-state index in [1.807, 2.05) is 40.0 Å². The maximum atomic E-state index is 9.93. The van der Waals surface area contributed by atoms with Crippen molar-refractivity contribution < 1.29 is 14.3 Å². The van der Waals surface area contributed by atoms with Gasteiger partial charge in [-0.2, -0.15) is 0 Å². The SMILES string of the molecule is CC(c1ccco1)N(C)CC(O)COC(C)(C)C. The average Bonchev–Trinajstić information content (AvgIpc) is 2.77. The molecule has 0 aliphatic heterocycles. The molecule has 0 radical (unpaired) electrons. The van der Waals surface area contributed by atoms with Gasteiger partial charge in [-0.3, -0.25) is 4.90 Å². The Hall–Kier alpha value is -0.840. The van der Waals surface area contributed by atoms with E-state index in [9.17, 15) is 5.11 Å². The predicted molar refractivity (Wildman–Crippen MR) is 71.5 cm³/mol. The third kappa shape index (κ3) is 5.21. The minimum absolute atomic E-state index is 0.143. The Kier molecular flexibility index (Phi) is 5.38. The summed E-state index contributed by atoms with van der Waals surface area (Å²) in [7, 11) is 1.97. The van der Waals surface area contributed by atoms with E-state index in [0.29, 0.717) is 13.2 Å². The molecule has 0 saturated heterocycles. The number of likely N-dealkylation sites (N-methyl/N-ethyl adjacent to an activating group) is 1. The van der Waals surface area contributed by atoms with Crippen LogP contribution in [0.1, 0.15) is 39.5 Å². The maximum Gasteiger partial charge on any atom is 0.120 e. The van der Waals surface area contributed by atoms with E-state index in [2.05, 4.69) is 11.8 Å². The van der Waals surface area contributed by atoms with E-state index in [1.54, 1.807) is 6.26 Å². The van der Waals surface area contributed by atoms with Crippen LogP contribution >= 0.6 is 0 Å². The fraction of sp³-hybridized carbons (Fsp3) is 0.714. The van der Waals surface area contributed by atoms with Gasteiger partial charge in [0.2, 0.25) is 0 Å². The topological polar surface area (TPSA) is 45.8 Å². The molecule has 0 saturated carbocycles. The summed E-state index contributed by atoms with van der Waals surface area (Å²) < 4.78 is 10.9. The van der Waals surface area contributed by atoms with Gasteiger partial charge in [-0.1, -0.05) is 0 Å². The van der Waals surface area contributed by atoms with Gasteiger partial charge in [0.05, 0.1) is 30.6 Å². The van der Waals surface area contributed by atoms with Crippen LogP contribution in [-0.4, -0.2) is 41.9 Å². The van der Waals surface area contributed by atoms with Crippen LogP contribution in [0.5, 0.6) is 0 Å². The molecule has 0 amide bonds. The summed E-state index contributed by atoms with van der Waals surface area (Å²) in [6.45, 7) is 8.89. The number of nitrogens with zero attached hydrogens (tertiary/aromatic N) is 1. The minimum atomic E-state index is -0.494. The molecule has 2 atom stereocenters. The highest BCUT2D eigenvalue weighted by Crippen LogP contribution is 2.19. The molecule has 1 N–H and O–H groups in total. The first-order valence-corrected chi connectivity index (χ1v) is 6.35. The van der Waals surface area contributed by atoms with Gasteiger partial charge in [0.25, 0.3) is 0 Å². The van der Waals surface area contributed by atoms with Crippen LogP contribution in [0.4, 0.5) is 0 Å². The molecule has 104 valence electrons. The van der Waals surface area contributed by atoms with E-state index in [-0.39, 0.29) is 11.6 Å². The largest absolute Gasteiger partial charge is 0.468 e. The predicted octanol–water partition coefficient (Wildman–Crippen LogP) is 2.45. The Morgan fingerprint density at radius 3 is 2.61 bits per heavy atom.